The lowest BCUT2D eigenvalue weighted by Gasteiger charge is -2.53. The summed E-state index contributed by atoms with van der Waals surface area (Å²) in [5.74, 6) is 0.827. The molecule has 1 saturated heterocycles. The van der Waals surface area contributed by atoms with E-state index < -0.39 is 0 Å². The molecule has 1 aliphatic rings. The maximum absolute atomic E-state index is 13.6. The van der Waals surface area contributed by atoms with Crippen molar-refractivity contribution in [3.05, 3.63) is 53.6 Å². The molecule has 3 aromatic rings. The van der Waals surface area contributed by atoms with Crippen molar-refractivity contribution in [3.63, 3.8) is 0 Å². The SMILES string of the molecule is CCc1ccc(O)cc1[C@@]1(C)CCN(C)[C@H](C)[C@@H]1N(C)C(=O)Nc1nc2ccccc2n1CC. The third-order valence-electron chi connectivity index (χ3n) is 7.81. The van der Waals surface area contributed by atoms with Gasteiger partial charge >= 0.3 is 6.03 Å². The molecule has 0 saturated carbocycles. The minimum absolute atomic E-state index is 0.0993. The van der Waals surface area contributed by atoms with E-state index in [1.54, 1.807) is 6.07 Å². The molecule has 2 N–H and O–H groups in total. The van der Waals surface area contributed by atoms with Crippen molar-refractivity contribution in [1.29, 1.82) is 0 Å². The van der Waals surface area contributed by atoms with Crippen LogP contribution in [-0.2, 0) is 18.4 Å². The summed E-state index contributed by atoms with van der Waals surface area (Å²) in [4.78, 5) is 22.5. The number of benzene rings is 2. The maximum atomic E-state index is 13.6. The van der Waals surface area contributed by atoms with Gasteiger partial charge in [-0.15, -0.1) is 0 Å². The Morgan fingerprint density at radius 1 is 1.26 bits per heavy atom. The van der Waals surface area contributed by atoms with E-state index in [0.717, 1.165) is 36.0 Å². The van der Waals surface area contributed by atoms with Crippen molar-refractivity contribution in [2.24, 2.45) is 0 Å². The molecule has 7 heteroatoms. The average molecular weight is 464 g/mol. The van der Waals surface area contributed by atoms with Crippen LogP contribution in [0.1, 0.15) is 45.2 Å². The summed E-state index contributed by atoms with van der Waals surface area (Å²) in [6, 6.07) is 13.4. The minimum Gasteiger partial charge on any atom is -0.508 e. The summed E-state index contributed by atoms with van der Waals surface area (Å²) in [6.45, 7) is 10.2. The van der Waals surface area contributed by atoms with Crippen LogP contribution in [0.25, 0.3) is 11.0 Å². The highest BCUT2D eigenvalue weighted by molar-refractivity contribution is 5.90. The van der Waals surface area contributed by atoms with Gasteiger partial charge in [-0.1, -0.05) is 32.0 Å². The summed E-state index contributed by atoms with van der Waals surface area (Å²) in [6.07, 6.45) is 1.76. The van der Waals surface area contributed by atoms with Crippen molar-refractivity contribution in [1.82, 2.24) is 19.4 Å². The Balaban J connectivity index is 1.71. The summed E-state index contributed by atoms with van der Waals surface area (Å²) in [7, 11) is 3.99. The lowest BCUT2D eigenvalue weighted by atomic mass is 9.66. The highest BCUT2D eigenvalue weighted by Gasteiger charge is 2.48. The summed E-state index contributed by atoms with van der Waals surface area (Å²) in [5, 5.41) is 13.4. The zero-order chi connectivity index (χ0) is 24.6. The third kappa shape index (κ3) is 4.02. The van der Waals surface area contributed by atoms with E-state index in [2.05, 4.69) is 49.9 Å². The van der Waals surface area contributed by atoms with Gasteiger partial charge in [0.15, 0.2) is 0 Å². The molecule has 182 valence electrons. The number of phenols is 1. The van der Waals surface area contributed by atoms with E-state index >= 15 is 0 Å². The van der Waals surface area contributed by atoms with Gasteiger partial charge in [-0.2, -0.15) is 0 Å². The number of carbonyl (C=O) groups is 1. The van der Waals surface area contributed by atoms with Crippen LogP contribution >= 0.6 is 0 Å². The smallest absolute Gasteiger partial charge is 0.324 e. The van der Waals surface area contributed by atoms with Crippen molar-refractivity contribution in [3.8, 4) is 5.75 Å². The second-order valence-electron chi connectivity index (χ2n) is 9.74. The first-order valence-corrected chi connectivity index (χ1v) is 12.2. The van der Waals surface area contributed by atoms with E-state index in [9.17, 15) is 9.90 Å². The lowest BCUT2D eigenvalue weighted by molar-refractivity contribution is 0.0396. The number of amides is 2. The number of phenolic OH excluding ortho intramolecular Hbond substituents is 1. The van der Waals surface area contributed by atoms with Gasteiger partial charge in [0.2, 0.25) is 5.95 Å². The van der Waals surface area contributed by atoms with Crippen LogP contribution in [0.3, 0.4) is 0 Å². The normalized spacial score (nSPS) is 23.2. The highest BCUT2D eigenvalue weighted by atomic mass is 16.3. The van der Waals surface area contributed by atoms with E-state index in [1.165, 1.54) is 5.56 Å². The van der Waals surface area contributed by atoms with Crippen molar-refractivity contribution < 1.29 is 9.90 Å². The number of aromatic nitrogens is 2. The molecule has 7 nitrogen and oxygen atoms in total. The fourth-order valence-corrected chi connectivity index (χ4v) is 5.78. The number of aromatic hydroxyl groups is 1. The number of hydrogen-bond acceptors (Lipinski definition) is 4. The first-order chi connectivity index (χ1) is 16.2. The second kappa shape index (κ2) is 9.29. The molecule has 2 heterocycles. The number of nitrogens with one attached hydrogen (secondary N) is 1. The number of anilines is 1. The quantitative estimate of drug-likeness (QED) is 0.568. The van der Waals surface area contributed by atoms with Crippen LogP contribution in [0.5, 0.6) is 5.75 Å². The van der Waals surface area contributed by atoms with Crippen LogP contribution in [0.4, 0.5) is 10.7 Å². The molecule has 3 atom stereocenters. The fourth-order valence-electron chi connectivity index (χ4n) is 5.78. The Morgan fingerprint density at radius 3 is 2.71 bits per heavy atom. The molecule has 0 unspecified atom stereocenters. The number of rotatable bonds is 5. The van der Waals surface area contributed by atoms with Crippen LogP contribution in [0, 0.1) is 0 Å². The van der Waals surface area contributed by atoms with Crippen LogP contribution in [0.2, 0.25) is 0 Å². The number of likely N-dealkylation sites (N-methyl/N-ethyl adjacent to an activating group) is 2. The van der Waals surface area contributed by atoms with Gasteiger partial charge in [-0.25, -0.2) is 9.78 Å². The molecule has 2 aromatic carbocycles. The molecular formula is C27H37N5O2. The van der Waals surface area contributed by atoms with Crippen molar-refractivity contribution in [2.75, 3.05) is 26.0 Å². The number of hydrogen-bond donors (Lipinski definition) is 2. The Morgan fingerprint density at radius 2 is 2.00 bits per heavy atom. The Hall–Kier alpha value is -3.06. The molecule has 0 radical (unpaired) electrons. The molecule has 34 heavy (non-hydrogen) atoms. The van der Waals surface area contributed by atoms with Gasteiger partial charge in [0.1, 0.15) is 5.75 Å². The maximum Gasteiger partial charge on any atom is 0.324 e. The van der Waals surface area contributed by atoms with Gasteiger partial charge in [-0.05, 0) is 75.7 Å². The molecule has 1 aliphatic heterocycles. The molecular weight excluding hydrogens is 426 g/mol. The highest BCUT2D eigenvalue weighted by Crippen LogP contribution is 2.43. The van der Waals surface area contributed by atoms with Crippen molar-refractivity contribution >= 4 is 23.0 Å². The number of urea groups is 1. The number of likely N-dealkylation sites (tertiary alicyclic amines) is 1. The van der Waals surface area contributed by atoms with Crippen LogP contribution in [-0.4, -0.2) is 63.2 Å². The molecule has 0 aliphatic carbocycles. The average Bonchev–Trinajstić information content (AvgIpc) is 3.18. The van der Waals surface area contributed by atoms with Gasteiger partial charge in [0.25, 0.3) is 0 Å². The van der Waals surface area contributed by atoms with E-state index in [0.29, 0.717) is 12.5 Å². The molecule has 1 fully saturated rings. The number of imidazole rings is 1. The number of fused-ring (bicyclic) bond motifs is 1. The number of para-hydroxylation sites is 2. The number of piperidine rings is 1. The minimum atomic E-state index is -0.313. The predicted molar refractivity (Wildman–Crippen MR) is 138 cm³/mol. The summed E-state index contributed by atoms with van der Waals surface area (Å²) < 4.78 is 2.03. The predicted octanol–water partition coefficient (Wildman–Crippen LogP) is 4.84. The lowest BCUT2D eigenvalue weighted by Crippen LogP contribution is -2.64. The fraction of sp³-hybridized carbons (Fsp3) is 0.481. The molecule has 4 rings (SSSR count). The molecule has 0 bridgehead atoms. The largest absolute Gasteiger partial charge is 0.508 e. The van der Waals surface area contributed by atoms with Crippen LogP contribution < -0.4 is 5.32 Å². The second-order valence-corrected chi connectivity index (χ2v) is 9.74. The molecule has 1 aromatic heterocycles. The van der Waals surface area contributed by atoms with E-state index in [-0.39, 0.29) is 29.3 Å². The van der Waals surface area contributed by atoms with Gasteiger partial charge in [-0.3, -0.25) is 5.32 Å². The van der Waals surface area contributed by atoms with Gasteiger partial charge < -0.3 is 19.5 Å². The number of carbonyl (C=O) groups excluding carboxylic acids is 1. The van der Waals surface area contributed by atoms with Crippen LogP contribution in [0.15, 0.2) is 42.5 Å². The third-order valence-corrected chi connectivity index (χ3v) is 7.81. The Kier molecular flexibility index (Phi) is 6.58. The Bertz CT molecular complexity index is 1190. The van der Waals surface area contributed by atoms with Gasteiger partial charge in [0.05, 0.1) is 17.1 Å². The zero-order valence-electron chi connectivity index (χ0n) is 21.2. The zero-order valence-corrected chi connectivity index (χ0v) is 21.2. The monoisotopic (exact) mass is 463 g/mol. The standard InChI is InChI=1S/C27H37N5O2/c1-7-19-13-14-20(33)17-21(19)27(4)15-16-30(5)18(3)24(27)31(6)26(34)29-25-28-22-11-9-10-12-23(22)32(25)8-2/h9-14,17-18,24,33H,7-8,15-16H2,1-6H3,(H,28,29,34)/t18-,24+,27-/m1/s1. The van der Waals surface area contributed by atoms with Gasteiger partial charge in [0, 0.05) is 25.0 Å². The summed E-state index contributed by atoms with van der Waals surface area (Å²) in [5.41, 5.74) is 3.90. The number of aryl methyl sites for hydroxylation is 2. The first-order valence-electron chi connectivity index (χ1n) is 12.2. The first kappa shape index (κ1) is 24.1. The van der Waals surface area contributed by atoms with E-state index in [4.69, 9.17) is 0 Å². The molecule has 0 spiro atoms. The van der Waals surface area contributed by atoms with Crippen molar-refractivity contribution in [2.45, 2.75) is 64.6 Å². The summed E-state index contributed by atoms with van der Waals surface area (Å²) >= 11 is 0. The topological polar surface area (TPSA) is 73.6 Å². The number of nitrogens with zero attached hydrogens (tertiary/aromatic N) is 4. The Labute approximate surface area is 202 Å². The molecule has 2 amide bonds. The van der Waals surface area contributed by atoms with E-state index in [1.807, 2.05) is 52.9 Å².